The van der Waals surface area contributed by atoms with Crippen LogP contribution < -0.4 is 15.4 Å². The van der Waals surface area contributed by atoms with Gasteiger partial charge in [-0.05, 0) is 85.4 Å². The first-order valence-electron chi connectivity index (χ1n) is 14.3. The molecule has 4 aromatic heterocycles. The summed E-state index contributed by atoms with van der Waals surface area (Å²) in [6.07, 6.45) is 5.92. The van der Waals surface area contributed by atoms with E-state index >= 15 is 0 Å². The van der Waals surface area contributed by atoms with Gasteiger partial charge in [-0.15, -0.1) is 0 Å². The van der Waals surface area contributed by atoms with Crippen LogP contribution in [0.3, 0.4) is 0 Å². The topological polar surface area (TPSA) is 121 Å². The minimum Gasteiger partial charge on any atom is -0.497 e. The number of anilines is 1. The molecule has 0 aliphatic carbocycles. The molecule has 2 aromatic carbocycles. The smallest absolute Gasteiger partial charge is 0.224 e. The summed E-state index contributed by atoms with van der Waals surface area (Å²) in [7, 11) is 1.52. The van der Waals surface area contributed by atoms with E-state index in [0.717, 1.165) is 64.7 Å². The third-order valence-corrected chi connectivity index (χ3v) is 8.00. The zero-order chi connectivity index (χ0) is 29.3. The molecule has 10 heteroatoms. The molecule has 1 aliphatic heterocycles. The number of nitrogens with one attached hydrogen (secondary N) is 4. The van der Waals surface area contributed by atoms with Gasteiger partial charge in [0, 0.05) is 35.2 Å². The predicted octanol–water partition coefficient (Wildman–Crippen LogP) is 6.31. The largest absolute Gasteiger partial charge is 0.497 e. The number of hydrogen-bond acceptors (Lipinski definition) is 6. The minimum absolute atomic E-state index is 0.00116. The summed E-state index contributed by atoms with van der Waals surface area (Å²) >= 11 is 0. The van der Waals surface area contributed by atoms with Crippen molar-refractivity contribution in [1.82, 2.24) is 30.5 Å². The van der Waals surface area contributed by atoms with Crippen molar-refractivity contribution < 1.29 is 13.9 Å². The maximum atomic E-state index is 14.3. The van der Waals surface area contributed by atoms with Crippen LogP contribution in [0.4, 0.5) is 10.1 Å². The molecule has 1 amide bonds. The lowest BCUT2D eigenvalue weighted by Crippen LogP contribution is -2.30. The SMILES string of the molecule is COc1cc(F)cc(-c2cccc3[nH]c(-c4n[nH]c5ccc(-c6cncc(NC(=O)CC7CCNCC7)c6)nc45)cc23)c1. The number of nitrogens with zero attached hydrogens (tertiary/aromatic N) is 3. The molecule has 9 nitrogen and oxygen atoms in total. The fraction of sp³-hybridized carbons (Fsp3) is 0.212. The van der Waals surface area contributed by atoms with Gasteiger partial charge in [0.25, 0.3) is 0 Å². The van der Waals surface area contributed by atoms with Gasteiger partial charge in [0.15, 0.2) is 0 Å². The first-order chi connectivity index (χ1) is 21.0. The highest BCUT2D eigenvalue weighted by Gasteiger charge is 2.18. The van der Waals surface area contributed by atoms with Crippen LogP contribution >= 0.6 is 0 Å². The van der Waals surface area contributed by atoms with Gasteiger partial charge < -0.3 is 20.4 Å². The minimum atomic E-state index is -0.364. The summed E-state index contributed by atoms with van der Waals surface area (Å²) in [5, 5.41) is 14.9. The van der Waals surface area contributed by atoms with Crippen LogP contribution in [0.5, 0.6) is 5.75 Å². The molecule has 0 bridgehead atoms. The number of methoxy groups -OCH3 is 1. The lowest BCUT2D eigenvalue weighted by molar-refractivity contribution is -0.117. The predicted molar refractivity (Wildman–Crippen MR) is 165 cm³/mol. The van der Waals surface area contributed by atoms with Crippen LogP contribution in [0.25, 0.3) is 55.7 Å². The number of hydrogen-bond donors (Lipinski definition) is 4. The molecule has 1 saturated heterocycles. The van der Waals surface area contributed by atoms with Crippen molar-refractivity contribution in [3.63, 3.8) is 0 Å². The first kappa shape index (κ1) is 26.8. The van der Waals surface area contributed by atoms with Crippen molar-refractivity contribution in [2.24, 2.45) is 5.92 Å². The summed E-state index contributed by atoms with van der Waals surface area (Å²) in [4.78, 5) is 25.5. The lowest BCUT2D eigenvalue weighted by Gasteiger charge is -2.21. The Kier molecular flexibility index (Phi) is 7.04. The van der Waals surface area contributed by atoms with Gasteiger partial charge in [-0.2, -0.15) is 5.10 Å². The highest BCUT2D eigenvalue weighted by Crippen LogP contribution is 2.35. The molecule has 43 heavy (non-hydrogen) atoms. The number of carbonyl (C=O) groups excluding carboxylic acids is 1. The van der Waals surface area contributed by atoms with Crippen molar-refractivity contribution in [1.29, 1.82) is 0 Å². The fourth-order valence-electron chi connectivity index (χ4n) is 5.83. The van der Waals surface area contributed by atoms with Gasteiger partial charge in [-0.1, -0.05) is 12.1 Å². The van der Waals surface area contributed by atoms with Crippen molar-refractivity contribution in [2.75, 3.05) is 25.5 Å². The van der Waals surface area contributed by atoms with Crippen LogP contribution in [0.1, 0.15) is 19.3 Å². The monoisotopic (exact) mass is 575 g/mol. The van der Waals surface area contributed by atoms with Gasteiger partial charge >= 0.3 is 0 Å². The molecular formula is C33H30FN7O2. The Morgan fingerprint density at radius 2 is 1.91 bits per heavy atom. The van der Waals surface area contributed by atoms with E-state index in [4.69, 9.17) is 9.72 Å². The number of H-pyrrole nitrogens is 2. The quantitative estimate of drug-likeness (QED) is 0.177. The molecule has 1 fully saturated rings. The summed E-state index contributed by atoms with van der Waals surface area (Å²) in [6, 6.07) is 18.3. The van der Waals surface area contributed by atoms with Crippen LogP contribution in [-0.2, 0) is 4.79 Å². The van der Waals surface area contributed by atoms with Gasteiger partial charge in [0.05, 0.1) is 35.9 Å². The second-order valence-corrected chi connectivity index (χ2v) is 10.9. The molecule has 4 N–H and O–H groups in total. The van der Waals surface area contributed by atoms with E-state index in [2.05, 4.69) is 30.8 Å². The number of amides is 1. The van der Waals surface area contributed by atoms with E-state index < -0.39 is 0 Å². The average molecular weight is 576 g/mol. The lowest BCUT2D eigenvalue weighted by atomic mass is 9.94. The van der Waals surface area contributed by atoms with E-state index in [0.29, 0.717) is 40.7 Å². The van der Waals surface area contributed by atoms with Crippen LogP contribution in [0, 0.1) is 11.7 Å². The number of fused-ring (bicyclic) bond motifs is 2. The number of aromatic nitrogens is 5. The number of benzene rings is 2. The normalized spacial score (nSPS) is 13.9. The Labute approximate surface area is 246 Å². The fourth-order valence-corrected chi connectivity index (χ4v) is 5.83. The highest BCUT2D eigenvalue weighted by atomic mass is 19.1. The maximum Gasteiger partial charge on any atom is 0.224 e. The summed E-state index contributed by atoms with van der Waals surface area (Å²) < 4.78 is 19.6. The highest BCUT2D eigenvalue weighted by molar-refractivity contribution is 6.00. The standard InChI is InChI=1S/C33H30FN7O2/c1-43-24-14-20(12-22(34)15-24)25-3-2-4-28-26(25)16-30(38-28)33-32-29(40-41-33)6-5-27(39-32)21-13-23(18-36-17-21)37-31(42)11-19-7-9-35-10-8-19/h2-6,12-19,35,38H,7-11H2,1H3,(H,37,42)(H,40,41). The van der Waals surface area contributed by atoms with Gasteiger partial charge in [0.1, 0.15) is 22.8 Å². The van der Waals surface area contributed by atoms with Crippen LogP contribution in [-0.4, -0.2) is 51.3 Å². The number of aromatic amines is 2. The van der Waals surface area contributed by atoms with Crippen molar-refractivity contribution >= 4 is 33.5 Å². The molecule has 0 saturated carbocycles. The van der Waals surface area contributed by atoms with E-state index in [9.17, 15) is 9.18 Å². The van der Waals surface area contributed by atoms with Crippen molar-refractivity contribution in [3.8, 4) is 39.5 Å². The summed E-state index contributed by atoms with van der Waals surface area (Å²) in [5.74, 6) is 0.495. The molecule has 5 heterocycles. The van der Waals surface area contributed by atoms with Gasteiger partial charge in [0.2, 0.25) is 5.91 Å². The van der Waals surface area contributed by atoms with E-state index in [1.54, 1.807) is 12.4 Å². The molecule has 0 unspecified atom stereocenters. The first-order valence-corrected chi connectivity index (χ1v) is 14.3. The van der Waals surface area contributed by atoms with Crippen LogP contribution in [0.2, 0.25) is 0 Å². The Bertz CT molecular complexity index is 1960. The number of rotatable bonds is 7. The van der Waals surface area contributed by atoms with Gasteiger partial charge in [-0.25, -0.2) is 9.37 Å². The molecule has 6 aromatic rings. The number of carbonyl (C=O) groups is 1. The summed E-state index contributed by atoms with van der Waals surface area (Å²) in [5.41, 5.74) is 7.53. The molecule has 216 valence electrons. The third kappa shape index (κ3) is 5.44. The van der Waals surface area contributed by atoms with Crippen LogP contribution in [0.15, 0.2) is 73.1 Å². The number of pyridine rings is 2. The second kappa shape index (κ2) is 11.3. The van der Waals surface area contributed by atoms with E-state index in [1.807, 2.05) is 48.5 Å². The second-order valence-electron chi connectivity index (χ2n) is 10.9. The molecule has 7 rings (SSSR count). The summed E-state index contributed by atoms with van der Waals surface area (Å²) in [6.45, 7) is 1.92. The molecule has 0 radical (unpaired) electrons. The van der Waals surface area contributed by atoms with Crippen molar-refractivity contribution in [2.45, 2.75) is 19.3 Å². The number of ether oxygens (including phenoxy) is 1. The molecule has 1 aliphatic rings. The Hall–Kier alpha value is -5.09. The Morgan fingerprint density at radius 3 is 2.77 bits per heavy atom. The molecular weight excluding hydrogens is 545 g/mol. The molecule has 0 atom stereocenters. The molecule has 0 spiro atoms. The number of halogens is 1. The maximum absolute atomic E-state index is 14.3. The zero-order valence-electron chi connectivity index (χ0n) is 23.6. The van der Waals surface area contributed by atoms with Gasteiger partial charge in [-0.3, -0.25) is 14.9 Å². The Balaban J connectivity index is 1.20. The van der Waals surface area contributed by atoms with Crippen molar-refractivity contribution in [3.05, 3.63) is 78.9 Å². The number of piperidine rings is 1. The Morgan fingerprint density at radius 1 is 1.02 bits per heavy atom. The zero-order valence-corrected chi connectivity index (χ0v) is 23.6. The third-order valence-electron chi connectivity index (χ3n) is 8.00. The average Bonchev–Trinajstić information content (AvgIpc) is 3.65. The van der Waals surface area contributed by atoms with E-state index in [-0.39, 0.29) is 11.7 Å². The van der Waals surface area contributed by atoms with E-state index in [1.165, 1.54) is 19.2 Å².